The third-order valence-electron chi connectivity index (χ3n) is 6.37. The Balaban J connectivity index is 0.00000225. The number of carbonyl (C=O) groups is 2. The number of carbonyl (C=O) groups excluding carboxylic acids is 2. The van der Waals surface area contributed by atoms with Crippen molar-refractivity contribution in [1.29, 1.82) is 0 Å². The minimum atomic E-state index is -0.103. The van der Waals surface area contributed by atoms with Gasteiger partial charge in [-0.25, -0.2) is 0 Å². The van der Waals surface area contributed by atoms with Crippen molar-refractivity contribution in [2.24, 2.45) is 28.7 Å². The Bertz CT molecular complexity index is 673. The maximum Gasteiger partial charge on any atom is 0.233 e. The van der Waals surface area contributed by atoms with Gasteiger partial charge in [0.2, 0.25) is 11.8 Å². The van der Waals surface area contributed by atoms with Crippen LogP contribution in [0.15, 0.2) is 28.8 Å². The van der Waals surface area contributed by atoms with Crippen molar-refractivity contribution >= 4 is 41.8 Å². The fourth-order valence-electron chi connectivity index (χ4n) is 5.09. The van der Waals surface area contributed by atoms with Crippen LogP contribution in [0.2, 0.25) is 0 Å². The summed E-state index contributed by atoms with van der Waals surface area (Å²) in [5.74, 6) is 1.16. The lowest BCUT2D eigenvalue weighted by molar-refractivity contribution is -0.140. The molecule has 0 aromatic carbocycles. The third-order valence-corrected chi connectivity index (χ3v) is 6.37. The smallest absolute Gasteiger partial charge is 0.233 e. The molecule has 0 aromatic rings. The molecule has 1 heterocycles. The molecule has 2 amide bonds. The zero-order chi connectivity index (χ0) is 18.8. The molecule has 1 saturated carbocycles. The van der Waals surface area contributed by atoms with Gasteiger partial charge in [-0.05, 0) is 50.9 Å². The Labute approximate surface area is 184 Å². The first-order chi connectivity index (χ1) is 13.2. The van der Waals surface area contributed by atoms with Crippen LogP contribution in [0, 0.1) is 23.7 Å². The zero-order valence-electron chi connectivity index (χ0n) is 16.5. The number of nitrogens with zero attached hydrogens (tertiary/aromatic N) is 2. The lowest BCUT2D eigenvalue weighted by atomic mass is 9.85. The number of hydrogen-bond donors (Lipinski definition) is 2. The highest BCUT2D eigenvalue weighted by molar-refractivity contribution is 14.0. The van der Waals surface area contributed by atoms with Crippen LogP contribution < -0.4 is 10.6 Å². The van der Waals surface area contributed by atoms with Crippen LogP contribution in [-0.4, -0.2) is 48.9 Å². The van der Waals surface area contributed by atoms with Gasteiger partial charge in [0.25, 0.3) is 0 Å². The maximum absolute atomic E-state index is 12.7. The average molecular weight is 498 g/mol. The third kappa shape index (κ3) is 4.14. The molecule has 28 heavy (non-hydrogen) atoms. The van der Waals surface area contributed by atoms with E-state index in [-0.39, 0.29) is 59.5 Å². The summed E-state index contributed by atoms with van der Waals surface area (Å²) in [6.07, 6.45) is 12.3. The predicted octanol–water partition coefficient (Wildman–Crippen LogP) is 2.47. The average Bonchev–Trinajstić information content (AvgIpc) is 3.43. The molecule has 154 valence electrons. The van der Waals surface area contributed by atoms with E-state index in [1.165, 1.54) is 29.7 Å². The lowest BCUT2D eigenvalue weighted by Crippen LogP contribution is -2.43. The number of likely N-dealkylation sites (tertiary alicyclic amines) is 1. The summed E-state index contributed by atoms with van der Waals surface area (Å²) in [5, 5.41) is 6.52. The summed E-state index contributed by atoms with van der Waals surface area (Å²) in [6.45, 7) is 4.54. The van der Waals surface area contributed by atoms with E-state index in [0.29, 0.717) is 13.1 Å². The summed E-state index contributed by atoms with van der Waals surface area (Å²) in [7, 11) is 0. The molecule has 1 aliphatic heterocycles. The molecule has 7 heteroatoms. The molecule has 2 fully saturated rings. The minimum absolute atomic E-state index is 0. The van der Waals surface area contributed by atoms with Crippen LogP contribution in [0.3, 0.4) is 0 Å². The number of fused-ring (bicyclic) bond motifs is 5. The van der Waals surface area contributed by atoms with Gasteiger partial charge in [-0.15, -0.1) is 24.0 Å². The number of allylic oxidation sites excluding steroid dienone is 3. The number of halogens is 1. The monoisotopic (exact) mass is 498 g/mol. The standard InChI is InChI=1S/C21H30N4O2.HI/c1-2-22-21(23-10-9-14-5-3-4-6-14)24-11-12-25-19(26)17-15-7-8-16(13-15)18(17)20(25)27;/h5,7-8,15-18H,2-4,6,9-13H2,1H3,(H2,22,23,24);1H. The summed E-state index contributed by atoms with van der Waals surface area (Å²) < 4.78 is 0. The van der Waals surface area contributed by atoms with E-state index in [1.807, 2.05) is 6.92 Å². The normalized spacial score (nSPS) is 30.5. The van der Waals surface area contributed by atoms with Crippen molar-refractivity contribution in [2.75, 3.05) is 26.2 Å². The van der Waals surface area contributed by atoms with Crippen LogP contribution >= 0.6 is 24.0 Å². The highest BCUT2D eigenvalue weighted by Gasteiger charge is 2.58. The Kier molecular flexibility index (Phi) is 7.17. The SMILES string of the molecule is CCNC(=NCCC1=CCCC1)NCCN1C(=O)C2C3C=CC(C3)C2C1=O.I. The predicted molar refractivity (Wildman–Crippen MR) is 120 cm³/mol. The van der Waals surface area contributed by atoms with Crippen LogP contribution in [0.25, 0.3) is 0 Å². The van der Waals surface area contributed by atoms with Crippen molar-refractivity contribution in [1.82, 2.24) is 15.5 Å². The van der Waals surface area contributed by atoms with E-state index >= 15 is 0 Å². The number of amides is 2. The van der Waals surface area contributed by atoms with Crippen molar-refractivity contribution < 1.29 is 9.59 Å². The van der Waals surface area contributed by atoms with Gasteiger partial charge in [0.15, 0.2) is 5.96 Å². The Morgan fingerprint density at radius 2 is 1.89 bits per heavy atom. The number of rotatable bonds is 7. The van der Waals surface area contributed by atoms with E-state index < -0.39 is 0 Å². The highest BCUT2D eigenvalue weighted by Crippen LogP contribution is 2.52. The van der Waals surface area contributed by atoms with Crippen molar-refractivity contribution in [3.05, 3.63) is 23.8 Å². The fourth-order valence-corrected chi connectivity index (χ4v) is 5.09. The molecule has 1 saturated heterocycles. The van der Waals surface area contributed by atoms with Crippen molar-refractivity contribution in [3.8, 4) is 0 Å². The number of nitrogens with one attached hydrogen (secondary N) is 2. The molecular formula is C21H31IN4O2. The summed E-state index contributed by atoms with van der Waals surface area (Å²) in [4.78, 5) is 31.5. The molecule has 0 aromatic heterocycles. The van der Waals surface area contributed by atoms with Crippen LogP contribution in [0.1, 0.15) is 39.0 Å². The van der Waals surface area contributed by atoms with Gasteiger partial charge in [-0.2, -0.15) is 0 Å². The highest BCUT2D eigenvalue weighted by atomic mass is 127. The second-order valence-corrected chi connectivity index (χ2v) is 8.02. The van der Waals surface area contributed by atoms with E-state index in [0.717, 1.165) is 31.9 Å². The van der Waals surface area contributed by atoms with Gasteiger partial charge in [-0.1, -0.05) is 23.8 Å². The van der Waals surface area contributed by atoms with Gasteiger partial charge in [0, 0.05) is 26.2 Å². The van der Waals surface area contributed by atoms with Gasteiger partial charge in [0.05, 0.1) is 11.8 Å². The van der Waals surface area contributed by atoms with Gasteiger partial charge in [-0.3, -0.25) is 19.5 Å². The molecule has 0 radical (unpaired) electrons. The summed E-state index contributed by atoms with van der Waals surface area (Å²) in [6, 6.07) is 0. The van der Waals surface area contributed by atoms with Crippen LogP contribution in [-0.2, 0) is 9.59 Å². The Morgan fingerprint density at radius 1 is 1.18 bits per heavy atom. The molecule has 0 spiro atoms. The van der Waals surface area contributed by atoms with Crippen LogP contribution in [0.4, 0.5) is 0 Å². The molecule has 4 atom stereocenters. The van der Waals surface area contributed by atoms with E-state index in [1.54, 1.807) is 0 Å². The quantitative estimate of drug-likeness (QED) is 0.186. The number of guanidine groups is 1. The number of hydrogen-bond acceptors (Lipinski definition) is 3. The van der Waals surface area contributed by atoms with E-state index in [9.17, 15) is 9.59 Å². The second-order valence-electron chi connectivity index (χ2n) is 8.02. The fraction of sp³-hybridized carbons (Fsp3) is 0.667. The van der Waals surface area contributed by atoms with Crippen LogP contribution in [0.5, 0.6) is 0 Å². The van der Waals surface area contributed by atoms with E-state index in [4.69, 9.17) is 0 Å². The van der Waals surface area contributed by atoms with E-state index in [2.05, 4.69) is 33.9 Å². The molecule has 3 aliphatic carbocycles. The van der Waals surface area contributed by atoms with Crippen molar-refractivity contribution in [2.45, 2.75) is 39.0 Å². The number of imide groups is 1. The number of aliphatic imine (C=N–C) groups is 1. The molecule has 4 unspecified atom stereocenters. The molecule has 2 bridgehead atoms. The minimum Gasteiger partial charge on any atom is -0.357 e. The summed E-state index contributed by atoms with van der Waals surface area (Å²) in [5.41, 5.74) is 1.51. The Morgan fingerprint density at radius 3 is 2.50 bits per heavy atom. The lowest BCUT2D eigenvalue weighted by Gasteiger charge is -2.18. The zero-order valence-corrected chi connectivity index (χ0v) is 18.9. The molecule has 4 aliphatic rings. The first-order valence-corrected chi connectivity index (χ1v) is 10.4. The topological polar surface area (TPSA) is 73.8 Å². The largest absolute Gasteiger partial charge is 0.357 e. The first kappa shape index (κ1) is 21.3. The van der Waals surface area contributed by atoms with Gasteiger partial charge >= 0.3 is 0 Å². The Hall–Kier alpha value is -1.38. The molecular weight excluding hydrogens is 467 g/mol. The molecule has 6 nitrogen and oxygen atoms in total. The summed E-state index contributed by atoms with van der Waals surface area (Å²) >= 11 is 0. The first-order valence-electron chi connectivity index (χ1n) is 10.4. The van der Waals surface area contributed by atoms with Crippen molar-refractivity contribution in [3.63, 3.8) is 0 Å². The molecule has 4 rings (SSSR count). The second kappa shape index (κ2) is 9.41. The molecule has 2 N–H and O–H groups in total. The van der Waals surface area contributed by atoms with Gasteiger partial charge in [0.1, 0.15) is 0 Å². The maximum atomic E-state index is 12.7. The van der Waals surface area contributed by atoms with Gasteiger partial charge < -0.3 is 10.6 Å².